The van der Waals surface area contributed by atoms with Crippen molar-refractivity contribution in [3.05, 3.63) is 69.2 Å². The van der Waals surface area contributed by atoms with E-state index < -0.39 is 4.92 Å². The number of nitrogens with zero attached hydrogens (tertiary/aromatic N) is 2. The Hall–Kier alpha value is -2.44. The number of hydrogen-bond acceptors (Lipinski definition) is 3. The Morgan fingerprint density at radius 1 is 1.12 bits per heavy atom. The van der Waals surface area contributed by atoms with Crippen molar-refractivity contribution in [2.24, 2.45) is 0 Å². The fourth-order valence-electron chi connectivity index (χ4n) is 3.96. The Morgan fingerprint density at radius 2 is 1.80 bits per heavy atom. The molecular weight excluding hydrogens is 342 g/mol. The molecule has 0 spiro atoms. The van der Waals surface area contributed by atoms with E-state index in [0.717, 1.165) is 30.6 Å². The Kier molecular flexibility index (Phi) is 3.94. The van der Waals surface area contributed by atoms with Gasteiger partial charge in [0.2, 0.25) is 0 Å². The largest absolute Gasteiger partial charge is 0.301 e. The highest BCUT2D eigenvalue weighted by atomic mass is 35.5. The summed E-state index contributed by atoms with van der Waals surface area (Å²) in [5.74, 6) is 0.109. The van der Waals surface area contributed by atoms with Gasteiger partial charge in [0.05, 0.1) is 17.2 Å². The molecule has 0 bridgehead atoms. The van der Waals surface area contributed by atoms with E-state index >= 15 is 0 Å². The van der Waals surface area contributed by atoms with Crippen molar-refractivity contribution in [3.63, 3.8) is 0 Å². The van der Waals surface area contributed by atoms with Crippen LogP contribution >= 0.6 is 11.6 Å². The number of rotatable bonds is 3. The minimum absolute atomic E-state index is 0.0455. The molecule has 2 heterocycles. The van der Waals surface area contributed by atoms with Crippen LogP contribution in [0.3, 0.4) is 0 Å². The molecule has 3 atom stereocenters. The van der Waals surface area contributed by atoms with Crippen LogP contribution in [0.25, 0.3) is 0 Å². The zero-order valence-corrected chi connectivity index (χ0v) is 14.1. The van der Waals surface area contributed by atoms with Crippen molar-refractivity contribution < 1.29 is 14.6 Å². The molecule has 0 aromatic heterocycles. The minimum atomic E-state index is -0.411. The molecular formula is C18H17ClN3O3+. The summed E-state index contributed by atoms with van der Waals surface area (Å²) in [5, 5.41) is 11.5. The van der Waals surface area contributed by atoms with E-state index in [1.165, 1.54) is 17.0 Å². The van der Waals surface area contributed by atoms with E-state index in [9.17, 15) is 14.9 Å². The molecule has 6 nitrogen and oxygen atoms in total. The highest BCUT2D eigenvalue weighted by Gasteiger charge is 2.53. The molecule has 128 valence electrons. The molecule has 0 saturated carbocycles. The van der Waals surface area contributed by atoms with Gasteiger partial charge in [-0.05, 0) is 36.4 Å². The number of nitro benzene ring substituents is 1. The van der Waals surface area contributed by atoms with E-state index in [4.69, 9.17) is 11.6 Å². The number of halogens is 1. The summed E-state index contributed by atoms with van der Waals surface area (Å²) < 4.78 is 0. The summed E-state index contributed by atoms with van der Waals surface area (Å²) in [6.07, 6.45) is 1.73. The fourth-order valence-corrected chi connectivity index (χ4v) is 4.09. The maximum absolute atomic E-state index is 13.0. The van der Waals surface area contributed by atoms with Gasteiger partial charge >= 0.3 is 0 Å². The average Bonchev–Trinajstić information content (AvgIpc) is 3.18. The zero-order chi connectivity index (χ0) is 17.6. The number of benzene rings is 2. The molecule has 2 saturated heterocycles. The first kappa shape index (κ1) is 16.1. The molecule has 1 N–H and O–H groups in total. The monoisotopic (exact) mass is 358 g/mol. The number of hydrogen-bond donors (Lipinski definition) is 1. The first-order valence-electron chi connectivity index (χ1n) is 8.25. The third-order valence-corrected chi connectivity index (χ3v) is 5.33. The van der Waals surface area contributed by atoms with E-state index in [-0.39, 0.29) is 23.8 Å². The van der Waals surface area contributed by atoms with Crippen LogP contribution in [0, 0.1) is 10.1 Å². The summed E-state index contributed by atoms with van der Waals surface area (Å²) in [5.41, 5.74) is 1.77. The third kappa shape index (κ3) is 2.67. The number of carbonyl (C=O) groups is 1. The van der Waals surface area contributed by atoms with Crippen LogP contribution in [0.4, 0.5) is 11.4 Å². The van der Waals surface area contributed by atoms with Crippen LogP contribution in [-0.4, -0.2) is 23.4 Å². The lowest BCUT2D eigenvalue weighted by Gasteiger charge is -2.26. The van der Waals surface area contributed by atoms with Crippen LogP contribution in [0.1, 0.15) is 24.6 Å². The highest BCUT2D eigenvalue weighted by molar-refractivity contribution is 6.30. The van der Waals surface area contributed by atoms with Gasteiger partial charge in [0.15, 0.2) is 12.2 Å². The van der Waals surface area contributed by atoms with E-state index in [0.29, 0.717) is 5.02 Å². The Bertz CT molecular complexity index is 822. The van der Waals surface area contributed by atoms with Crippen molar-refractivity contribution in [2.45, 2.75) is 25.0 Å². The van der Waals surface area contributed by atoms with Crippen molar-refractivity contribution >= 4 is 28.9 Å². The fraction of sp³-hybridized carbons (Fsp3) is 0.278. The average molecular weight is 359 g/mol. The van der Waals surface area contributed by atoms with Crippen molar-refractivity contribution in [2.75, 3.05) is 11.4 Å². The third-order valence-electron chi connectivity index (χ3n) is 5.08. The Labute approximate surface area is 149 Å². The second kappa shape index (κ2) is 6.13. The van der Waals surface area contributed by atoms with E-state index in [1.54, 1.807) is 24.3 Å². The molecule has 2 aliphatic rings. The molecule has 25 heavy (non-hydrogen) atoms. The Balaban J connectivity index is 1.76. The minimum Gasteiger partial charge on any atom is -0.301 e. The predicted octanol–water partition coefficient (Wildman–Crippen LogP) is 2.34. The maximum atomic E-state index is 13.0. The summed E-state index contributed by atoms with van der Waals surface area (Å²) in [7, 11) is 0. The van der Waals surface area contributed by atoms with Crippen molar-refractivity contribution in [3.8, 4) is 0 Å². The molecule has 0 aliphatic carbocycles. The highest BCUT2D eigenvalue weighted by Crippen LogP contribution is 2.32. The topological polar surface area (TPSA) is 67.9 Å². The smallest absolute Gasteiger partial charge is 0.290 e. The maximum Gasteiger partial charge on any atom is 0.290 e. The summed E-state index contributed by atoms with van der Waals surface area (Å²) in [6, 6.07) is 13.7. The van der Waals surface area contributed by atoms with Gasteiger partial charge in [-0.1, -0.05) is 11.6 Å². The number of fused-ring (bicyclic) bond motifs is 1. The Morgan fingerprint density at radius 3 is 2.44 bits per heavy atom. The van der Waals surface area contributed by atoms with Gasteiger partial charge in [0.1, 0.15) is 0 Å². The molecule has 2 aromatic rings. The van der Waals surface area contributed by atoms with Crippen molar-refractivity contribution in [1.29, 1.82) is 0 Å². The molecule has 1 amide bonds. The molecule has 4 rings (SSSR count). The lowest BCUT2D eigenvalue weighted by Crippen LogP contribution is -3.12. The van der Waals surface area contributed by atoms with Crippen LogP contribution in [-0.2, 0) is 4.79 Å². The van der Waals surface area contributed by atoms with Crippen LogP contribution in [0.15, 0.2) is 48.5 Å². The lowest BCUT2D eigenvalue weighted by molar-refractivity contribution is -0.924. The van der Waals surface area contributed by atoms with E-state index in [1.807, 2.05) is 17.0 Å². The van der Waals surface area contributed by atoms with Gasteiger partial charge in [-0.15, -0.1) is 0 Å². The summed E-state index contributed by atoms with van der Waals surface area (Å²) >= 11 is 5.98. The molecule has 7 heteroatoms. The second-order valence-electron chi connectivity index (χ2n) is 6.46. The molecule has 1 unspecified atom stereocenters. The van der Waals surface area contributed by atoms with Gasteiger partial charge in [0.25, 0.3) is 11.6 Å². The van der Waals surface area contributed by atoms with E-state index in [2.05, 4.69) is 0 Å². The predicted molar refractivity (Wildman–Crippen MR) is 93.6 cm³/mol. The van der Waals surface area contributed by atoms with Crippen LogP contribution in [0.5, 0.6) is 0 Å². The zero-order valence-electron chi connectivity index (χ0n) is 13.4. The number of nitrogens with one attached hydrogen (secondary N) is 1. The number of quaternary nitrogens is 1. The van der Waals surface area contributed by atoms with Gasteiger partial charge < -0.3 is 4.90 Å². The lowest BCUT2D eigenvalue weighted by atomic mass is 10.1. The van der Waals surface area contributed by atoms with Gasteiger partial charge in [-0.25, -0.2) is 0 Å². The SMILES string of the molecule is O=C1[C@H]2CCC[NH+]2[C@H](c2ccc([N+](=O)[O-])cc2)N1c1ccc(Cl)cc1. The molecule has 2 aromatic carbocycles. The molecule has 0 radical (unpaired) electrons. The van der Waals surface area contributed by atoms with Crippen LogP contribution < -0.4 is 9.80 Å². The summed E-state index contributed by atoms with van der Waals surface area (Å²) in [6.45, 7) is 0.919. The first-order valence-corrected chi connectivity index (χ1v) is 8.62. The quantitative estimate of drug-likeness (QED) is 0.676. The summed E-state index contributed by atoms with van der Waals surface area (Å²) in [4.78, 5) is 26.5. The van der Waals surface area contributed by atoms with Crippen molar-refractivity contribution in [1.82, 2.24) is 0 Å². The molecule has 2 fully saturated rings. The number of anilines is 1. The van der Waals surface area contributed by atoms with Crippen LogP contribution in [0.2, 0.25) is 5.02 Å². The number of carbonyl (C=O) groups excluding carboxylic acids is 1. The number of nitro groups is 1. The van der Waals surface area contributed by atoms with Gasteiger partial charge in [-0.2, -0.15) is 0 Å². The molecule has 2 aliphatic heterocycles. The second-order valence-corrected chi connectivity index (χ2v) is 6.89. The number of non-ortho nitro benzene ring substituents is 1. The normalized spacial score (nSPS) is 25.2. The first-order chi connectivity index (χ1) is 12.1. The van der Waals surface area contributed by atoms with Gasteiger partial charge in [0, 0.05) is 35.6 Å². The standard InChI is InChI=1S/C18H16ClN3O3/c19-13-5-9-14(10-6-13)21-17(20-11-1-2-16(20)18(21)23)12-3-7-15(8-4-12)22(24)25/h3-10,16-17H,1-2,11H2/p+1/t16-,17+/m1/s1. The number of amides is 1. The van der Waals surface area contributed by atoms with Gasteiger partial charge in [-0.3, -0.25) is 19.8 Å².